The molecule has 0 spiro atoms. The summed E-state index contributed by atoms with van der Waals surface area (Å²) in [5.41, 5.74) is 1.07. The van der Waals surface area contributed by atoms with E-state index >= 15 is 0 Å². The highest BCUT2D eigenvalue weighted by molar-refractivity contribution is 5.79. The standard InChI is InChI=1S/C11H14N2O/c14-11(13-10-7-12-8-10)6-9-4-2-1-3-5-9/h1-5,10,12H,6-8H2,(H,13,14). The molecule has 1 fully saturated rings. The average Bonchev–Trinajstić information content (AvgIpc) is 2.13. The predicted octanol–water partition coefficient (Wildman–Crippen LogP) is 0.317. The van der Waals surface area contributed by atoms with Crippen LogP contribution in [-0.2, 0) is 11.2 Å². The lowest BCUT2D eigenvalue weighted by Gasteiger charge is -2.27. The zero-order chi connectivity index (χ0) is 9.80. The van der Waals surface area contributed by atoms with E-state index in [0.29, 0.717) is 12.5 Å². The Morgan fingerprint density at radius 1 is 1.36 bits per heavy atom. The number of rotatable bonds is 3. The minimum atomic E-state index is 0.114. The van der Waals surface area contributed by atoms with Crippen LogP contribution < -0.4 is 10.6 Å². The molecule has 1 saturated heterocycles. The van der Waals surface area contributed by atoms with Gasteiger partial charge in [-0.25, -0.2) is 0 Å². The van der Waals surface area contributed by atoms with Crippen molar-refractivity contribution in [3.63, 3.8) is 0 Å². The Balaban J connectivity index is 1.82. The highest BCUT2D eigenvalue weighted by atomic mass is 16.1. The van der Waals surface area contributed by atoms with Crippen molar-refractivity contribution in [3.05, 3.63) is 35.9 Å². The Kier molecular flexibility index (Phi) is 2.79. The van der Waals surface area contributed by atoms with Gasteiger partial charge in [-0.2, -0.15) is 0 Å². The normalized spacial score (nSPS) is 16.0. The van der Waals surface area contributed by atoms with Crippen molar-refractivity contribution in [2.75, 3.05) is 13.1 Å². The van der Waals surface area contributed by atoms with Crippen molar-refractivity contribution in [1.29, 1.82) is 0 Å². The molecule has 2 rings (SSSR count). The maximum absolute atomic E-state index is 11.5. The highest BCUT2D eigenvalue weighted by Gasteiger charge is 2.18. The van der Waals surface area contributed by atoms with Gasteiger partial charge in [0.25, 0.3) is 0 Å². The van der Waals surface area contributed by atoms with E-state index in [0.717, 1.165) is 18.7 Å². The lowest BCUT2D eigenvalue weighted by atomic mass is 10.1. The van der Waals surface area contributed by atoms with Gasteiger partial charge in [-0.3, -0.25) is 4.79 Å². The molecule has 2 N–H and O–H groups in total. The Bertz CT molecular complexity index is 306. The van der Waals surface area contributed by atoms with Gasteiger partial charge in [0.05, 0.1) is 12.5 Å². The molecular weight excluding hydrogens is 176 g/mol. The molecule has 1 aliphatic heterocycles. The van der Waals surface area contributed by atoms with Gasteiger partial charge in [0.1, 0.15) is 0 Å². The van der Waals surface area contributed by atoms with Crippen LogP contribution in [0.5, 0.6) is 0 Å². The van der Waals surface area contributed by atoms with Gasteiger partial charge in [0, 0.05) is 13.1 Å². The van der Waals surface area contributed by atoms with Crippen molar-refractivity contribution in [2.45, 2.75) is 12.5 Å². The number of benzene rings is 1. The molecule has 1 aliphatic rings. The van der Waals surface area contributed by atoms with Gasteiger partial charge in [-0.05, 0) is 5.56 Å². The molecule has 0 saturated carbocycles. The summed E-state index contributed by atoms with van der Waals surface area (Å²) in [6, 6.07) is 10.1. The van der Waals surface area contributed by atoms with Gasteiger partial charge >= 0.3 is 0 Å². The van der Waals surface area contributed by atoms with Crippen LogP contribution in [0.15, 0.2) is 30.3 Å². The van der Waals surface area contributed by atoms with Crippen LogP contribution in [0.1, 0.15) is 5.56 Å². The fourth-order valence-corrected chi connectivity index (χ4v) is 1.45. The van der Waals surface area contributed by atoms with E-state index in [9.17, 15) is 4.79 Å². The summed E-state index contributed by atoms with van der Waals surface area (Å²) in [6.45, 7) is 1.81. The lowest BCUT2D eigenvalue weighted by Crippen LogP contribution is -2.57. The topological polar surface area (TPSA) is 41.1 Å². The Hall–Kier alpha value is -1.35. The zero-order valence-electron chi connectivity index (χ0n) is 7.99. The SMILES string of the molecule is O=C(Cc1ccccc1)NC1CNC1. The Morgan fingerprint density at radius 2 is 2.07 bits per heavy atom. The zero-order valence-corrected chi connectivity index (χ0v) is 7.99. The summed E-state index contributed by atoms with van der Waals surface area (Å²) in [5, 5.41) is 6.08. The first-order valence-corrected chi connectivity index (χ1v) is 4.88. The molecule has 3 heteroatoms. The van der Waals surface area contributed by atoms with Crippen LogP contribution in [0.25, 0.3) is 0 Å². The number of carbonyl (C=O) groups excluding carboxylic acids is 1. The van der Waals surface area contributed by atoms with Crippen molar-refractivity contribution in [1.82, 2.24) is 10.6 Å². The second-order valence-electron chi connectivity index (χ2n) is 3.59. The smallest absolute Gasteiger partial charge is 0.224 e. The van der Waals surface area contributed by atoms with E-state index in [1.165, 1.54) is 0 Å². The third-order valence-corrected chi connectivity index (χ3v) is 2.35. The van der Waals surface area contributed by atoms with Crippen LogP contribution in [0, 0.1) is 0 Å². The Labute approximate surface area is 83.5 Å². The van der Waals surface area contributed by atoms with Crippen LogP contribution in [0.4, 0.5) is 0 Å². The molecule has 74 valence electrons. The van der Waals surface area contributed by atoms with E-state index < -0.39 is 0 Å². The van der Waals surface area contributed by atoms with Crippen LogP contribution in [0.3, 0.4) is 0 Å². The molecule has 0 radical (unpaired) electrons. The number of carbonyl (C=O) groups is 1. The van der Waals surface area contributed by atoms with Crippen LogP contribution in [0.2, 0.25) is 0 Å². The maximum Gasteiger partial charge on any atom is 0.224 e. The van der Waals surface area contributed by atoms with Gasteiger partial charge in [-0.15, -0.1) is 0 Å². The van der Waals surface area contributed by atoms with E-state index in [4.69, 9.17) is 0 Å². The van der Waals surface area contributed by atoms with E-state index in [2.05, 4.69) is 10.6 Å². The van der Waals surface area contributed by atoms with Crippen molar-refractivity contribution >= 4 is 5.91 Å². The lowest BCUT2D eigenvalue weighted by molar-refractivity contribution is -0.121. The molecule has 0 aliphatic carbocycles. The van der Waals surface area contributed by atoms with Crippen LogP contribution >= 0.6 is 0 Å². The molecule has 0 unspecified atom stereocenters. The minimum Gasteiger partial charge on any atom is -0.351 e. The molecule has 1 aromatic rings. The monoisotopic (exact) mass is 190 g/mol. The van der Waals surface area contributed by atoms with Crippen molar-refractivity contribution < 1.29 is 4.79 Å². The van der Waals surface area contributed by atoms with Crippen LogP contribution in [-0.4, -0.2) is 25.0 Å². The number of hydrogen-bond acceptors (Lipinski definition) is 2. The highest BCUT2D eigenvalue weighted by Crippen LogP contribution is 2.00. The first kappa shape index (κ1) is 9.21. The fourth-order valence-electron chi connectivity index (χ4n) is 1.45. The van der Waals surface area contributed by atoms with Gasteiger partial charge in [0.15, 0.2) is 0 Å². The molecule has 1 heterocycles. The second-order valence-corrected chi connectivity index (χ2v) is 3.59. The molecule has 3 nitrogen and oxygen atoms in total. The summed E-state index contributed by atoms with van der Waals surface area (Å²) in [4.78, 5) is 11.5. The first-order valence-electron chi connectivity index (χ1n) is 4.88. The summed E-state index contributed by atoms with van der Waals surface area (Å²) in [7, 11) is 0. The van der Waals surface area contributed by atoms with Gasteiger partial charge in [0.2, 0.25) is 5.91 Å². The minimum absolute atomic E-state index is 0.114. The van der Waals surface area contributed by atoms with Crippen molar-refractivity contribution in [2.24, 2.45) is 0 Å². The van der Waals surface area contributed by atoms with Gasteiger partial charge in [-0.1, -0.05) is 30.3 Å². The largest absolute Gasteiger partial charge is 0.351 e. The van der Waals surface area contributed by atoms with E-state index in [1.807, 2.05) is 30.3 Å². The first-order chi connectivity index (χ1) is 6.84. The predicted molar refractivity (Wildman–Crippen MR) is 54.9 cm³/mol. The molecule has 0 bridgehead atoms. The molecule has 14 heavy (non-hydrogen) atoms. The molecular formula is C11H14N2O. The number of amides is 1. The second kappa shape index (κ2) is 4.24. The summed E-state index contributed by atoms with van der Waals surface area (Å²) in [6.07, 6.45) is 0.483. The third-order valence-electron chi connectivity index (χ3n) is 2.35. The fraction of sp³-hybridized carbons (Fsp3) is 0.364. The molecule has 1 aromatic carbocycles. The summed E-state index contributed by atoms with van der Waals surface area (Å²) < 4.78 is 0. The summed E-state index contributed by atoms with van der Waals surface area (Å²) in [5.74, 6) is 0.114. The third kappa shape index (κ3) is 2.33. The number of hydrogen-bond donors (Lipinski definition) is 2. The van der Waals surface area contributed by atoms with E-state index in [1.54, 1.807) is 0 Å². The maximum atomic E-state index is 11.5. The van der Waals surface area contributed by atoms with Gasteiger partial charge < -0.3 is 10.6 Å². The Morgan fingerprint density at radius 3 is 2.64 bits per heavy atom. The average molecular weight is 190 g/mol. The van der Waals surface area contributed by atoms with E-state index in [-0.39, 0.29) is 5.91 Å². The molecule has 1 amide bonds. The van der Waals surface area contributed by atoms with Crippen molar-refractivity contribution in [3.8, 4) is 0 Å². The molecule has 0 aromatic heterocycles. The molecule has 0 atom stereocenters. The quantitative estimate of drug-likeness (QED) is 0.720. The number of nitrogens with one attached hydrogen (secondary N) is 2. The summed E-state index contributed by atoms with van der Waals surface area (Å²) >= 11 is 0.